The van der Waals surface area contributed by atoms with E-state index in [1.807, 2.05) is 0 Å². The van der Waals surface area contributed by atoms with Gasteiger partial charge >= 0.3 is 11.9 Å². The van der Waals surface area contributed by atoms with Gasteiger partial charge in [-0.15, -0.1) is 0 Å². The van der Waals surface area contributed by atoms with Gasteiger partial charge in [0.05, 0.1) is 13.0 Å². The molecule has 0 saturated carbocycles. The van der Waals surface area contributed by atoms with Gasteiger partial charge in [-0.25, -0.2) is 19.4 Å². The van der Waals surface area contributed by atoms with Crippen molar-refractivity contribution >= 4 is 17.7 Å². The lowest BCUT2D eigenvalue weighted by Crippen LogP contribution is -2.59. The third-order valence-electron chi connectivity index (χ3n) is 6.16. The van der Waals surface area contributed by atoms with Crippen molar-refractivity contribution in [1.82, 2.24) is 0 Å². The lowest BCUT2D eigenvalue weighted by Gasteiger charge is -2.26. The summed E-state index contributed by atoms with van der Waals surface area (Å²) in [6, 6.07) is 0. The second-order valence-electron chi connectivity index (χ2n) is 9.44. The number of aliphatic hydroxyl groups excluding tert-OH is 2. The maximum Gasteiger partial charge on any atom is 0.382 e. The Morgan fingerprint density at radius 1 is 0.833 bits per heavy atom. The molecule has 0 spiro atoms. The summed E-state index contributed by atoms with van der Waals surface area (Å²) < 4.78 is 0. The number of nitrogens with two attached hydrogens (primary N) is 2. The SMILES string of the molecule is CCCCCCCC/C=C\CCCCCCCC(=O)OOC(=O)C(N)(CCCCN)C(=O)C(O)CO. The quantitative estimate of drug-likeness (QED) is 0.0522. The zero-order valence-electron chi connectivity index (χ0n) is 22.3. The number of rotatable bonds is 23. The van der Waals surface area contributed by atoms with Crippen LogP contribution in [0.4, 0.5) is 0 Å². The third kappa shape index (κ3) is 16.0. The Hall–Kier alpha value is -1.81. The molecule has 0 heterocycles. The van der Waals surface area contributed by atoms with Crippen LogP contribution in [-0.4, -0.2) is 52.7 Å². The molecule has 0 rings (SSSR count). The molecule has 0 fully saturated rings. The summed E-state index contributed by atoms with van der Waals surface area (Å²) in [5.74, 6) is -3.12. The van der Waals surface area contributed by atoms with Gasteiger partial charge in [-0.05, 0) is 57.9 Å². The minimum atomic E-state index is -2.24. The smallest absolute Gasteiger partial charge is 0.382 e. The van der Waals surface area contributed by atoms with Gasteiger partial charge in [0, 0.05) is 0 Å². The van der Waals surface area contributed by atoms with Crippen LogP contribution in [0.5, 0.6) is 0 Å². The van der Waals surface area contributed by atoms with Crippen molar-refractivity contribution in [2.75, 3.05) is 13.2 Å². The molecule has 0 aliphatic heterocycles. The first-order valence-electron chi connectivity index (χ1n) is 13.7. The van der Waals surface area contributed by atoms with Crippen molar-refractivity contribution in [2.24, 2.45) is 11.5 Å². The Morgan fingerprint density at radius 2 is 1.39 bits per heavy atom. The summed E-state index contributed by atoms with van der Waals surface area (Å²) in [6.07, 6.45) is 18.2. The van der Waals surface area contributed by atoms with Crippen molar-refractivity contribution < 1.29 is 34.4 Å². The monoisotopic (exact) mass is 514 g/mol. The van der Waals surface area contributed by atoms with Gasteiger partial charge in [-0.3, -0.25) is 4.79 Å². The first kappa shape index (κ1) is 34.2. The van der Waals surface area contributed by atoms with Gasteiger partial charge in [-0.2, -0.15) is 0 Å². The van der Waals surface area contributed by atoms with Crippen LogP contribution in [0.3, 0.4) is 0 Å². The van der Waals surface area contributed by atoms with Crippen molar-refractivity contribution in [2.45, 2.75) is 128 Å². The number of unbranched alkanes of at least 4 members (excludes halogenated alkanes) is 12. The summed E-state index contributed by atoms with van der Waals surface area (Å²) in [5, 5.41) is 18.6. The van der Waals surface area contributed by atoms with E-state index in [1.165, 1.54) is 38.5 Å². The number of aliphatic hydroxyl groups is 2. The molecule has 0 radical (unpaired) electrons. The third-order valence-corrected chi connectivity index (χ3v) is 6.16. The lowest BCUT2D eigenvalue weighted by atomic mass is 9.86. The van der Waals surface area contributed by atoms with E-state index in [1.54, 1.807) is 0 Å². The highest BCUT2D eigenvalue weighted by Crippen LogP contribution is 2.18. The zero-order valence-corrected chi connectivity index (χ0v) is 22.3. The van der Waals surface area contributed by atoms with E-state index >= 15 is 0 Å². The second-order valence-corrected chi connectivity index (χ2v) is 9.44. The Morgan fingerprint density at radius 3 is 1.94 bits per heavy atom. The minimum Gasteiger partial charge on any atom is -0.393 e. The van der Waals surface area contributed by atoms with Crippen LogP contribution in [0.15, 0.2) is 12.2 Å². The van der Waals surface area contributed by atoms with Gasteiger partial charge < -0.3 is 21.7 Å². The molecule has 0 bridgehead atoms. The average molecular weight is 515 g/mol. The molecule has 9 heteroatoms. The minimum absolute atomic E-state index is 0.0728. The fourth-order valence-corrected chi connectivity index (χ4v) is 3.79. The van der Waals surface area contributed by atoms with E-state index in [9.17, 15) is 19.5 Å². The molecule has 0 aliphatic rings. The van der Waals surface area contributed by atoms with Crippen LogP contribution in [0.2, 0.25) is 0 Å². The number of allylic oxidation sites excluding steroid dienone is 2. The summed E-state index contributed by atoms with van der Waals surface area (Å²) in [6.45, 7) is 1.67. The van der Waals surface area contributed by atoms with Crippen molar-refractivity contribution in [1.29, 1.82) is 0 Å². The molecule has 0 amide bonds. The average Bonchev–Trinajstić information content (AvgIpc) is 2.88. The molecule has 0 aliphatic carbocycles. The fourth-order valence-electron chi connectivity index (χ4n) is 3.79. The van der Waals surface area contributed by atoms with E-state index in [0.717, 1.165) is 38.5 Å². The Kier molecular flexibility index (Phi) is 21.3. The molecule has 0 saturated heterocycles. The van der Waals surface area contributed by atoms with E-state index in [4.69, 9.17) is 16.6 Å². The highest BCUT2D eigenvalue weighted by Gasteiger charge is 2.47. The molecule has 36 heavy (non-hydrogen) atoms. The number of carbonyl (C=O) groups excluding carboxylic acids is 3. The molecule has 0 aromatic rings. The molecule has 2 atom stereocenters. The van der Waals surface area contributed by atoms with Crippen LogP contribution >= 0.6 is 0 Å². The standard InChI is InChI=1S/C27H50N2O7/c1-2-3-4-5-6-7-8-9-10-11-12-13-14-15-16-19-24(32)35-36-26(34)27(29,20-17-18-21-28)25(33)23(31)22-30/h9-10,23,30-31H,2-8,11-22,28-29H2,1H3/b10-9-. The van der Waals surface area contributed by atoms with E-state index in [2.05, 4.69) is 28.9 Å². The molecular formula is C27H50N2O7. The number of Topliss-reactive ketones (excluding diaryl/α,β-unsaturated/α-hetero) is 1. The van der Waals surface area contributed by atoms with Gasteiger partial charge in [-0.1, -0.05) is 70.4 Å². The van der Waals surface area contributed by atoms with Crippen LogP contribution in [0.25, 0.3) is 0 Å². The predicted octanol–water partition coefficient (Wildman–Crippen LogP) is 3.77. The highest BCUT2D eigenvalue weighted by molar-refractivity contribution is 6.10. The van der Waals surface area contributed by atoms with Crippen molar-refractivity contribution in [3.05, 3.63) is 12.2 Å². The van der Waals surface area contributed by atoms with Gasteiger partial charge in [0.1, 0.15) is 6.10 Å². The maximum atomic E-state index is 12.4. The number of ketones is 1. The zero-order chi connectivity index (χ0) is 27.1. The topological polar surface area (TPSA) is 162 Å². The molecule has 0 aromatic heterocycles. The summed E-state index contributed by atoms with van der Waals surface area (Å²) in [7, 11) is 0. The van der Waals surface area contributed by atoms with E-state index in [-0.39, 0.29) is 12.8 Å². The number of carbonyl (C=O) groups is 3. The van der Waals surface area contributed by atoms with E-state index < -0.39 is 36.0 Å². The lowest BCUT2D eigenvalue weighted by molar-refractivity contribution is -0.263. The number of hydrogen-bond acceptors (Lipinski definition) is 9. The van der Waals surface area contributed by atoms with Gasteiger partial charge in [0.15, 0.2) is 11.3 Å². The fraction of sp³-hybridized carbons (Fsp3) is 0.815. The molecule has 210 valence electrons. The Balaban J connectivity index is 4.02. The van der Waals surface area contributed by atoms with Crippen LogP contribution in [0, 0.1) is 0 Å². The number of hydrogen-bond donors (Lipinski definition) is 4. The van der Waals surface area contributed by atoms with Crippen LogP contribution in [0.1, 0.15) is 116 Å². The summed E-state index contributed by atoms with van der Waals surface area (Å²) >= 11 is 0. The Bertz CT molecular complexity index is 627. The largest absolute Gasteiger partial charge is 0.393 e. The summed E-state index contributed by atoms with van der Waals surface area (Å²) in [5.41, 5.74) is 9.08. The molecule has 0 aromatic carbocycles. The van der Waals surface area contributed by atoms with Gasteiger partial charge in [0.2, 0.25) is 0 Å². The van der Waals surface area contributed by atoms with Crippen molar-refractivity contribution in [3.63, 3.8) is 0 Å². The molecule has 2 unspecified atom stereocenters. The van der Waals surface area contributed by atoms with Gasteiger partial charge in [0.25, 0.3) is 0 Å². The van der Waals surface area contributed by atoms with Crippen molar-refractivity contribution in [3.8, 4) is 0 Å². The summed E-state index contributed by atoms with van der Waals surface area (Å²) in [4.78, 5) is 45.6. The second kappa shape index (κ2) is 22.4. The molecule has 6 N–H and O–H groups in total. The normalized spacial score (nSPS) is 13.9. The van der Waals surface area contributed by atoms with Crippen LogP contribution in [-0.2, 0) is 24.2 Å². The first-order chi connectivity index (χ1) is 17.3. The maximum absolute atomic E-state index is 12.4. The molecule has 9 nitrogen and oxygen atoms in total. The first-order valence-corrected chi connectivity index (χ1v) is 13.7. The van der Waals surface area contributed by atoms with E-state index in [0.29, 0.717) is 25.8 Å². The van der Waals surface area contributed by atoms with Crippen LogP contribution < -0.4 is 11.5 Å². The highest BCUT2D eigenvalue weighted by atomic mass is 17.2. The Labute approximate surface area is 216 Å². The predicted molar refractivity (Wildman–Crippen MR) is 140 cm³/mol. The molecular weight excluding hydrogens is 464 g/mol.